The van der Waals surface area contributed by atoms with Gasteiger partial charge in [-0.2, -0.15) is 0 Å². The van der Waals surface area contributed by atoms with E-state index in [2.05, 4.69) is 31.6 Å². The number of hydrogen-bond donors (Lipinski definition) is 5. The van der Waals surface area contributed by atoms with Crippen LogP contribution >= 0.6 is 11.3 Å². The zero-order valence-corrected chi connectivity index (χ0v) is 37.2. The Morgan fingerprint density at radius 3 is 2.32 bits per heavy atom. The van der Waals surface area contributed by atoms with Gasteiger partial charge in [-0.3, -0.25) is 47.8 Å². The van der Waals surface area contributed by atoms with Crippen LogP contribution in [0.3, 0.4) is 0 Å². The van der Waals surface area contributed by atoms with Gasteiger partial charge in [0.2, 0.25) is 33.7 Å². The summed E-state index contributed by atoms with van der Waals surface area (Å²) in [5.74, 6) is -3.21. The van der Waals surface area contributed by atoms with E-state index in [0.717, 1.165) is 75.9 Å². The number of aromatic nitrogens is 2. The number of anilines is 2. The molecule has 3 aromatic carbocycles. The fraction of sp³-hybridized carbons (Fsp3) is 0.304. The molecule has 2 aliphatic rings. The van der Waals surface area contributed by atoms with Crippen molar-refractivity contribution in [1.82, 2.24) is 29.8 Å². The Morgan fingerprint density at radius 2 is 1.55 bits per heavy atom. The molecule has 65 heavy (non-hydrogen) atoms. The Balaban J connectivity index is 0.785. The van der Waals surface area contributed by atoms with E-state index in [1.807, 2.05) is 53.9 Å². The Labute approximate surface area is 379 Å². The van der Waals surface area contributed by atoms with E-state index in [1.165, 1.54) is 29.8 Å². The molecule has 0 radical (unpaired) electrons. The van der Waals surface area contributed by atoms with Gasteiger partial charge in [0.05, 0.1) is 35.2 Å². The molecule has 2 aliphatic heterocycles. The predicted octanol–water partition coefficient (Wildman–Crippen LogP) is 5.32. The normalized spacial score (nSPS) is 14.8. The van der Waals surface area contributed by atoms with Gasteiger partial charge in [-0.1, -0.05) is 68.1 Å². The number of benzene rings is 3. The van der Waals surface area contributed by atoms with Gasteiger partial charge in [0, 0.05) is 55.0 Å². The molecule has 0 bridgehead atoms. The van der Waals surface area contributed by atoms with Crippen LogP contribution in [-0.4, -0.2) is 89.0 Å². The molecule has 1 fully saturated rings. The lowest BCUT2D eigenvalue weighted by Crippen LogP contribution is -2.54. The van der Waals surface area contributed by atoms with Gasteiger partial charge >= 0.3 is 0 Å². The van der Waals surface area contributed by atoms with E-state index >= 15 is 0 Å². The van der Waals surface area contributed by atoms with E-state index in [1.54, 1.807) is 18.2 Å². The molecule has 1 saturated heterocycles. The number of piperidine rings is 1. The van der Waals surface area contributed by atoms with Crippen molar-refractivity contribution >= 4 is 73.5 Å². The van der Waals surface area contributed by atoms with Gasteiger partial charge in [-0.05, 0) is 66.3 Å². The maximum atomic E-state index is 13.3. The third-order valence-corrected chi connectivity index (χ3v) is 12.7. The Morgan fingerprint density at radius 1 is 0.831 bits per heavy atom. The van der Waals surface area contributed by atoms with Crippen molar-refractivity contribution in [2.75, 3.05) is 30.0 Å². The lowest BCUT2D eigenvalue weighted by atomic mass is 10.0. The number of rotatable bonds is 20. The highest BCUT2D eigenvalue weighted by Gasteiger charge is 2.45. The smallest absolute Gasteiger partial charge is 0.264 e. The SMILES string of the molecule is CS(=O)(=O)n1ccc(C(=O)NCC(=O)Nc2nc(-c3cccc(-c4cccc(CNC(=O)CCCCCCCCNc5cccc6c5C(=O)N(C5CCC(=O)NC5=O)C6=O)c4)c3)cs2)c1. The number of thiazole rings is 1. The van der Waals surface area contributed by atoms with Crippen molar-refractivity contribution in [3.63, 3.8) is 0 Å². The highest BCUT2D eigenvalue weighted by molar-refractivity contribution is 7.89. The predicted molar refractivity (Wildman–Crippen MR) is 244 cm³/mol. The first-order valence-electron chi connectivity index (χ1n) is 21.2. The zero-order valence-electron chi connectivity index (χ0n) is 35.6. The van der Waals surface area contributed by atoms with Crippen LogP contribution in [0.4, 0.5) is 10.8 Å². The first-order valence-corrected chi connectivity index (χ1v) is 23.9. The molecule has 7 rings (SSSR count). The molecule has 4 heterocycles. The lowest BCUT2D eigenvalue weighted by molar-refractivity contribution is -0.136. The number of amides is 7. The monoisotopic (exact) mass is 920 g/mol. The maximum absolute atomic E-state index is 13.3. The minimum absolute atomic E-state index is 0.0145. The fourth-order valence-corrected chi connectivity index (χ4v) is 8.94. The van der Waals surface area contributed by atoms with E-state index < -0.39 is 51.5 Å². The lowest BCUT2D eigenvalue weighted by Gasteiger charge is -2.27. The number of carbonyl (C=O) groups excluding carboxylic acids is 7. The third-order valence-electron chi connectivity index (χ3n) is 11.0. The van der Waals surface area contributed by atoms with Crippen LogP contribution in [0.1, 0.15) is 94.4 Å². The molecule has 0 spiro atoms. The van der Waals surface area contributed by atoms with Crippen molar-refractivity contribution in [2.24, 2.45) is 0 Å². The molecular formula is C46H48N8O9S2. The van der Waals surface area contributed by atoms with E-state index in [4.69, 9.17) is 0 Å². The molecule has 0 saturated carbocycles. The third kappa shape index (κ3) is 11.6. The Hall–Kier alpha value is -6.99. The number of nitrogens with one attached hydrogen (secondary N) is 5. The van der Waals surface area contributed by atoms with E-state index in [9.17, 15) is 42.0 Å². The van der Waals surface area contributed by atoms with Crippen LogP contribution in [0, 0.1) is 0 Å². The molecule has 1 atom stereocenters. The number of unbranched alkanes of at least 4 members (excludes halogenated alkanes) is 5. The largest absolute Gasteiger partial charge is 0.384 e. The second-order valence-corrected chi connectivity index (χ2v) is 18.5. The zero-order chi connectivity index (χ0) is 46.1. The summed E-state index contributed by atoms with van der Waals surface area (Å²) in [5, 5.41) is 15.9. The van der Waals surface area contributed by atoms with Crippen LogP contribution in [0.25, 0.3) is 22.4 Å². The molecule has 338 valence electrons. The van der Waals surface area contributed by atoms with Crippen LogP contribution in [0.5, 0.6) is 0 Å². The molecule has 5 aromatic rings. The molecular weight excluding hydrogens is 873 g/mol. The average Bonchev–Trinajstić information content (AvgIpc) is 4.04. The van der Waals surface area contributed by atoms with Crippen molar-refractivity contribution < 1.29 is 42.0 Å². The summed E-state index contributed by atoms with van der Waals surface area (Å²) in [4.78, 5) is 93.5. The summed E-state index contributed by atoms with van der Waals surface area (Å²) >= 11 is 1.24. The molecule has 1 unspecified atom stereocenters. The minimum atomic E-state index is -3.53. The van der Waals surface area contributed by atoms with Gasteiger partial charge in [-0.15, -0.1) is 11.3 Å². The van der Waals surface area contributed by atoms with E-state index in [0.29, 0.717) is 36.0 Å². The van der Waals surface area contributed by atoms with Crippen LogP contribution in [0.2, 0.25) is 0 Å². The van der Waals surface area contributed by atoms with Gasteiger partial charge < -0.3 is 21.3 Å². The second kappa shape index (κ2) is 20.7. The highest BCUT2D eigenvalue weighted by atomic mass is 32.2. The van der Waals surface area contributed by atoms with Crippen LogP contribution in [-0.2, 0) is 35.7 Å². The topological polar surface area (TPSA) is 235 Å². The van der Waals surface area contributed by atoms with Crippen molar-refractivity contribution in [3.05, 3.63) is 113 Å². The number of fused-ring (bicyclic) bond motifs is 1. The summed E-state index contributed by atoms with van der Waals surface area (Å²) in [6.45, 7) is 0.657. The number of imide groups is 2. The molecule has 5 N–H and O–H groups in total. The fourth-order valence-electron chi connectivity index (χ4n) is 7.62. The molecule has 2 aromatic heterocycles. The standard InChI is InChI=1S/C46H48N8O9S2/c1-65(62,63)53-22-20-33(27-53)42(58)49-26-40(57)52-46-50-36(28-64-46)32-14-9-13-31(24-32)30-12-8-11-29(23-30)25-48-38(55)17-6-4-2-3-5-7-21-47-35-16-10-15-34-41(35)45(61)54(44(34)60)37-18-19-39(56)51-43(37)59/h8-16,20,22-24,27-28,37,47H,2-7,17-19,21,25-26H2,1H3,(H,48,55)(H,49,58)(H,50,52,57)(H,51,56,59). The first-order chi connectivity index (χ1) is 31.2. The van der Waals surface area contributed by atoms with Gasteiger partial charge in [0.25, 0.3) is 17.7 Å². The Bertz CT molecular complexity index is 2760. The Kier molecular flexibility index (Phi) is 14.6. The summed E-state index contributed by atoms with van der Waals surface area (Å²) in [7, 11) is -3.53. The summed E-state index contributed by atoms with van der Waals surface area (Å²) in [5.41, 5.74) is 5.52. The summed E-state index contributed by atoms with van der Waals surface area (Å²) in [6.07, 6.45) is 9.50. The summed E-state index contributed by atoms with van der Waals surface area (Å²) < 4.78 is 24.2. The van der Waals surface area contributed by atoms with E-state index in [-0.39, 0.29) is 42.0 Å². The number of nitrogens with zero attached hydrogens (tertiary/aromatic N) is 3. The quantitative estimate of drug-likeness (QED) is 0.0495. The summed E-state index contributed by atoms with van der Waals surface area (Å²) in [6, 6.07) is 21.1. The number of hydrogen-bond acceptors (Lipinski definition) is 12. The molecule has 7 amide bonds. The average molecular weight is 921 g/mol. The highest BCUT2D eigenvalue weighted by Crippen LogP contribution is 2.33. The maximum Gasteiger partial charge on any atom is 0.264 e. The van der Waals surface area contributed by atoms with Crippen LogP contribution < -0.4 is 26.6 Å². The number of carbonyl (C=O) groups is 7. The van der Waals surface area contributed by atoms with Crippen molar-refractivity contribution in [1.29, 1.82) is 0 Å². The van der Waals surface area contributed by atoms with Gasteiger partial charge in [0.1, 0.15) is 6.04 Å². The minimum Gasteiger partial charge on any atom is -0.384 e. The van der Waals surface area contributed by atoms with Crippen molar-refractivity contribution in [3.8, 4) is 22.4 Å². The van der Waals surface area contributed by atoms with Gasteiger partial charge in [-0.25, -0.2) is 13.4 Å². The van der Waals surface area contributed by atoms with Gasteiger partial charge in [0.15, 0.2) is 5.13 Å². The van der Waals surface area contributed by atoms with Crippen LogP contribution in [0.15, 0.2) is 90.6 Å². The first kappa shape index (κ1) is 46.0. The molecule has 19 heteroatoms. The van der Waals surface area contributed by atoms with Crippen molar-refractivity contribution in [2.45, 2.75) is 70.4 Å². The second-order valence-electron chi connectivity index (χ2n) is 15.8. The molecule has 0 aliphatic carbocycles. The molecule has 17 nitrogen and oxygen atoms in total.